The van der Waals surface area contributed by atoms with Gasteiger partial charge in [0.2, 0.25) is 10.0 Å². The maximum atomic E-state index is 13.3. The summed E-state index contributed by atoms with van der Waals surface area (Å²) in [6.45, 7) is 0. The fourth-order valence-corrected chi connectivity index (χ4v) is 5.41. The van der Waals surface area contributed by atoms with Gasteiger partial charge in [-0.15, -0.1) is 11.3 Å². The maximum Gasteiger partial charge on any atom is 0.242 e. The Labute approximate surface area is 167 Å². The van der Waals surface area contributed by atoms with Gasteiger partial charge in [-0.3, -0.25) is 4.98 Å². The smallest absolute Gasteiger partial charge is 0.242 e. The second-order valence-electron chi connectivity index (χ2n) is 6.15. The van der Waals surface area contributed by atoms with Crippen LogP contribution in [0.25, 0.3) is 10.9 Å². The Morgan fingerprint density at radius 1 is 1.00 bits per heavy atom. The molecule has 28 heavy (non-hydrogen) atoms. The van der Waals surface area contributed by atoms with Crippen molar-refractivity contribution in [2.75, 3.05) is 7.11 Å². The lowest BCUT2D eigenvalue weighted by molar-refractivity contribution is 0.418. The van der Waals surface area contributed by atoms with Crippen molar-refractivity contribution in [2.24, 2.45) is 0 Å². The van der Waals surface area contributed by atoms with Crippen molar-refractivity contribution in [3.05, 3.63) is 88.7 Å². The number of hydrogen-bond donors (Lipinski definition) is 1. The first-order chi connectivity index (χ1) is 13.6. The Morgan fingerprint density at radius 3 is 2.54 bits per heavy atom. The Hall–Kier alpha value is -2.74. The number of aromatic nitrogens is 1. The number of nitrogens with zero attached hydrogens (tertiary/aromatic N) is 1. The Kier molecular flexibility index (Phi) is 5.13. The van der Waals surface area contributed by atoms with Gasteiger partial charge in [0.1, 0.15) is 11.3 Å². The molecule has 0 aliphatic rings. The van der Waals surface area contributed by atoms with Gasteiger partial charge in [0, 0.05) is 16.5 Å². The number of fused-ring (bicyclic) bond motifs is 1. The molecule has 7 heteroatoms. The number of nitrogens with one attached hydrogen (secondary N) is 1. The van der Waals surface area contributed by atoms with E-state index in [1.807, 2.05) is 47.8 Å². The van der Waals surface area contributed by atoms with Gasteiger partial charge < -0.3 is 4.74 Å². The SMILES string of the molecule is COc1ccc(S(=O)(=O)N[C@H](c2ccccc2)c2cccs2)c2cccnc12. The second-order valence-corrected chi connectivity index (χ2v) is 8.81. The lowest BCUT2D eigenvalue weighted by atomic mass is 10.1. The highest BCUT2D eigenvalue weighted by Gasteiger charge is 2.26. The van der Waals surface area contributed by atoms with Gasteiger partial charge in [-0.1, -0.05) is 36.4 Å². The molecule has 1 N–H and O–H groups in total. The molecule has 0 aliphatic heterocycles. The second kappa shape index (κ2) is 7.71. The summed E-state index contributed by atoms with van der Waals surface area (Å²) in [4.78, 5) is 5.40. The Bertz CT molecular complexity index is 1190. The number of pyridine rings is 1. The zero-order valence-corrected chi connectivity index (χ0v) is 16.7. The van der Waals surface area contributed by atoms with Crippen molar-refractivity contribution in [3.8, 4) is 5.75 Å². The van der Waals surface area contributed by atoms with Gasteiger partial charge >= 0.3 is 0 Å². The third kappa shape index (κ3) is 3.52. The molecule has 0 aliphatic carbocycles. The molecule has 5 nitrogen and oxygen atoms in total. The summed E-state index contributed by atoms with van der Waals surface area (Å²) in [5, 5.41) is 2.46. The first-order valence-corrected chi connectivity index (χ1v) is 11.0. The number of thiophene rings is 1. The maximum absolute atomic E-state index is 13.3. The molecule has 4 aromatic rings. The average molecular weight is 411 g/mol. The van der Waals surface area contributed by atoms with Crippen molar-refractivity contribution < 1.29 is 13.2 Å². The minimum absolute atomic E-state index is 0.175. The van der Waals surface area contributed by atoms with Gasteiger partial charge in [0.25, 0.3) is 0 Å². The molecule has 0 fully saturated rings. The van der Waals surface area contributed by atoms with Crippen molar-refractivity contribution in [1.29, 1.82) is 0 Å². The molecule has 0 saturated heterocycles. The summed E-state index contributed by atoms with van der Waals surface area (Å²) >= 11 is 1.51. The van der Waals surface area contributed by atoms with Crippen LogP contribution in [0.1, 0.15) is 16.5 Å². The molecule has 0 saturated carbocycles. The molecule has 0 unspecified atom stereocenters. The van der Waals surface area contributed by atoms with E-state index in [0.29, 0.717) is 16.7 Å². The lowest BCUT2D eigenvalue weighted by Gasteiger charge is -2.19. The molecule has 0 amide bonds. The molecule has 2 aromatic heterocycles. The van der Waals surface area contributed by atoms with Gasteiger partial charge in [-0.05, 0) is 41.3 Å². The minimum Gasteiger partial charge on any atom is -0.494 e. The number of rotatable bonds is 6. The van der Waals surface area contributed by atoms with Gasteiger partial charge in [-0.25, -0.2) is 8.42 Å². The van der Waals surface area contributed by atoms with E-state index in [4.69, 9.17) is 4.74 Å². The van der Waals surface area contributed by atoms with Crippen LogP contribution in [0.15, 0.2) is 83.2 Å². The number of ether oxygens (including phenoxy) is 1. The largest absolute Gasteiger partial charge is 0.494 e. The highest BCUT2D eigenvalue weighted by atomic mass is 32.2. The fraction of sp³-hybridized carbons (Fsp3) is 0.0952. The molecule has 2 heterocycles. The van der Waals surface area contributed by atoms with Crippen LogP contribution < -0.4 is 9.46 Å². The van der Waals surface area contributed by atoms with E-state index < -0.39 is 16.1 Å². The molecule has 2 aromatic carbocycles. The standard InChI is InChI=1S/C21H18N2O3S2/c1-26-17-11-12-19(16-9-5-13-22-21(16)17)28(24,25)23-20(18-10-6-14-27-18)15-7-3-2-4-8-15/h2-14,20,23H,1H3/t20-/m1/s1. The van der Waals surface area contributed by atoms with E-state index in [0.717, 1.165) is 10.4 Å². The molecular weight excluding hydrogens is 392 g/mol. The zero-order valence-electron chi connectivity index (χ0n) is 15.1. The van der Waals surface area contributed by atoms with E-state index in [1.165, 1.54) is 18.4 Å². The lowest BCUT2D eigenvalue weighted by Crippen LogP contribution is -2.29. The zero-order chi connectivity index (χ0) is 19.6. The normalized spacial score (nSPS) is 12.8. The van der Waals surface area contributed by atoms with Crippen LogP contribution >= 0.6 is 11.3 Å². The van der Waals surface area contributed by atoms with E-state index in [-0.39, 0.29) is 4.90 Å². The summed E-state index contributed by atoms with van der Waals surface area (Å²) in [5.41, 5.74) is 1.39. The van der Waals surface area contributed by atoms with Crippen molar-refractivity contribution in [1.82, 2.24) is 9.71 Å². The first-order valence-electron chi connectivity index (χ1n) is 8.62. The third-order valence-electron chi connectivity index (χ3n) is 4.44. The Morgan fingerprint density at radius 2 is 1.82 bits per heavy atom. The van der Waals surface area contributed by atoms with Crippen LogP contribution in [0, 0.1) is 0 Å². The minimum atomic E-state index is -3.82. The van der Waals surface area contributed by atoms with Crippen LogP contribution in [-0.4, -0.2) is 20.5 Å². The van der Waals surface area contributed by atoms with Crippen LogP contribution in [0.3, 0.4) is 0 Å². The molecule has 0 spiro atoms. The van der Waals surface area contributed by atoms with Crippen molar-refractivity contribution in [3.63, 3.8) is 0 Å². The summed E-state index contributed by atoms with van der Waals surface area (Å²) in [7, 11) is -2.28. The van der Waals surface area contributed by atoms with E-state index in [2.05, 4.69) is 9.71 Å². The monoisotopic (exact) mass is 410 g/mol. The van der Waals surface area contributed by atoms with Crippen LogP contribution in [0.4, 0.5) is 0 Å². The van der Waals surface area contributed by atoms with Crippen molar-refractivity contribution >= 4 is 32.3 Å². The summed E-state index contributed by atoms with van der Waals surface area (Å²) in [6.07, 6.45) is 1.62. The first kappa shape index (κ1) is 18.6. The van der Waals surface area contributed by atoms with Crippen LogP contribution in [0.5, 0.6) is 5.75 Å². The van der Waals surface area contributed by atoms with Gasteiger partial charge in [0.05, 0.1) is 18.0 Å². The fourth-order valence-electron chi connectivity index (χ4n) is 3.13. The number of hydrogen-bond acceptors (Lipinski definition) is 5. The number of sulfonamides is 1. The highest BCUT2D eigenvalue weighted by molar-refractivity contribution is 7.89. The molecule has 0 radical (unpaired) electrons. The molecule has 142 valence electrons. The predicted molar refractivity (Wildman–Crippen MR) is 111 cm³/mol. The highest BCUT2D eigenvalue weighted by Crippen LogP contribution is 2.32. The predicted octanol–water partition coefficient (Wildman–Crippen LogP) is 4.37. The molecule has 1 atom stereocenters. The van der Waals surface area contributed by atoms with Crippen molar-refractivity contribution in [2.45, 2.75) is 10.9 Å². The molecule has 4 rings (SSSR count). The quantitative estimate of drug-likeness (QED) is 0.512. The van der Waals surface area contributed by atoms with Gasteiger partial charge in [-0.2, -0.15) is 4.72 Å². The average Bonchev–Trinajstić information content (AvgIpc) is 3.26. The molecular formula is C21H18N2O3S2. The van der Waals surface area contributed by atoms with E-state index in [9.17, 15) is 8.42 Å². The summed E-state index contributed by atoms with van der Waals surface area (Å²) in [6, 6.07) is 19.6. The third-order valence-corrected chi connectivity index (χ3v) is 6.85. The summed E-state index contributed by atoms with van der Waals surface area (Å²) < 4.78 is 34.9. The van der Waals surface area contributed by atoms with Crippen LogP contribution in [-0.2, 0) is 10.0 Å². The van der Waals surface area contributed by atoms with Gasteiger partial charge in [0.15, 0.2) is 0 Å². The van der Waals surface area contributed by atoms with E-state index in [1.54, 1.807) is 30.5 Å². The Balaban J connectivity index is 1.81. The number of methoxy groups -OCH3 is 1. The van der Waals surface area contributed by atoms with Crippen LogP contribution in [0.2, 0.25) is 0 Å². The number of benzene rings is 2. The van der Waals surface area contributed by atoms with E-state index >= 15 is 0 Å². The summed E-state index contributed by atoms with van der Waals surface area (Å²) in [5.74, 6) is 0.535. The topological polar surface area (TPSA) is 68.3 Å². The molecule has 0 bridgehead atoms.